The fourth-order valence-corrected chi connectivity index (χ4v) is 4.71. The molecule has 8 heteroatoms. The zero-order chi connectivity index (χ0) is 14.9. The molecule has 0 aliphatic rings. The first-order chi connectivity index (χ1) is 9.29. The largest absolute Gasteiger partial charge is 0.243 e. The van der Waals surface area contributed by atoms with Gasteiger partial charge in [0.25, 0.3) is 0 Å². The predicted molar refractivity (Wildman–Crippen MR) is 87.1 cm³/mol. The van der Waals surface area contributed by atoms with Crippen LogP contribution in [0.3, 0.4) is 0 Å². The highest BCUT2D eigenvalue weighted by atomic mass is 79.9. The fourth-order valence-electron chi connectivity index (χ4n) is 1.63. The van der Waals surface area contributed by atoms with Gasteiger partial charge in [-0.15, -0.1) is 11.3 Å². The van der Waals surface area contributed by atoms with Crippen LogP contribution in [0.25, 0.3) is 0 Å². The Morgan fingerprint density at radius 2 is 1.80 bits per heavy atom. The number of halogens is 3. The molecule has 20 heavy (non-hydrogen) atoms. The van der Waals surface area contributed by atoms with E-state index in [0.29, 0.717) is 10.0 Å². The smallest absolute Gasteiger partial charge is 0.207 e. The van der Waals surface area contributed by atoms with Crippen LogP contribution < -0.4 is 0 Å². The predicted octanol–water partition coefficient (Wildman–Crippen LogP) is 4.64. The lowest BCUT2D eigenvalue weighted by Gasteiger charge is -2.17. The van der Waals surface area contributed by atoms with Gasteiger partial charge in [-0.2, -0.15) is 4.31 Å². The van der Waals surface area contributed by atoms with Gasteiger partial charge in [0.15, 0.2) is 0 Å². The van der Waals surface area contributed by atoms with E-state index in [2.05, 4.69) is 15.9 Å². The average molecular weight is 415 g/mol. The Morgan fingerprint density at radius 1 is 1.20 bits per heavy atom. The molecule has 0 bridgehead atoms. The van der Waals surface area contributed by atoms with E-state index >= 15 is 0 Å². The van der Waals surface area contributed by atoms with Gasteiger partial charge < -0.3 is 0 Å². The van der Waals surface area contributed by atoms with Crippen LogP contribution >= 0.6 is 50.5 Å². The van der Waals surface area contributed by atoms with Crippen molar-refractivity contribution >= 4 is 60.5 Å². The van der Waals surface area contributed by atoms with Gasteiger partial charge in [-0.25, -0.2) is 8.42 Å². The molecule has 3 nitrogen and oxygen atoms in total. The maximum absolute atomic E-state index is 12.4. The Hall–Kier alpha value is -0.110. The van der Waals surface area contributed by atoms with Gasteiger partial charge in [0.05, 0.1) is 8.68 Å². The van der Waals surface area contributed by atoms with Crippen molar-refractivity contribution in [1.82, 2.24) is 4.31 Å². The van der Waals surface area contributed by atoms with Crippen molar-refractivity contribution in [2.75, 3.05) is 7.05 Å². The second kappa shape index (κ2) is 6.34. The maximum Gasteiger partial charge on any atom is 0.243 e. The second-order valence-corrected chi connectivity index (χ2v) is 9.33. The summed E-state index contributed by atoms with van der Waals surface area (Å²) in [6, 6.07) is 6.17. The van der Waals surface area contributed by atoms with Gasteiger partial charge in [0, 0.05) is 23.6 Å². The van der Waals surface area contributed by atoms with Gasteiger partial charge in [-0.3, -0.25) is 0 Å². The third-order valence-corrected chi connectivity index (χ3v) is 6.34. The molecule has 0 saturated heterocycles. The molecule has 2 aromatic rings. The number of hydrogen-bond donors (Lipinski definition) is 0. The van der Waals surface area contributed by atoms with Crippen molar-refractivity contribution in [1.29, 1.82) is 0 Å². The van der Waals surface area contributed by atoms with Crippen molar-refractivity contribution in [3.8, 4) is 0 Å². The highest BCUT2D eigenvalue weighted by Gasteiger charge is 2.22. The van der Waals surface area contributed by atoms with E-state index in [9.17, 15) is 8.42 Å². The SMILES string of the molecule is CN(Cc1csc(Br)c1)S(=O)(=O)c1cc(Cl)cc(Cl)c1. The van der Waals surface area contributed by atoms with Gasteiger partial charge in [0.2, 0.25) is 10.0 Å². The summed E-state index contributed by atoms with van der Waals surface area (Å²) < 4.78 is 27.1. The van der Waals surface area contributed by atoms with Crippen LogP contribution in [0.5, 0.6) is 0 Å². The third-order valence-electron chi connectivity index (χ3n) is 2.57. The summed E-state index contributed by atoms with van der Waals surface area (Å²) in [5.74, 6) is 0. The van der Waals surface area contributed by atoms with Crippen LogP contribution in [0, 0.1) is 0 Å². The maximum atomic E-state index is 12.4. The topological polar surface area (TPSA) is 37.4 Å². The minimum atomic E-state index is -3.62. The molecular formula is C12H10BrCl2NO2S2. The molecular weight excluding hydrogens is 405 g/mol. The molecule has 0 N–H and O–H groups in total. The Bertz CT molecular complexity index is 711. The summed E-state index contributed by atoms with van der Waals surface area (Å²) in [6.45, 7) is 0.286. The molecule has 0 radical (unpaired) electrons. The molecule has 0 atom stereocenters. The van der Waals surface area contributed by atoms with E-state index in [4.69, 9.17) is 23.2 Å². The Balaban J connectivity index is 2.29. The average Bonchev–Trinajstić information content (AvgIpc) is 2.73. The van der Waals surface area contributed by atoms with Crippen LogP contribution in [-0.2, 0) is 16.6 Å². The van der Waals surface area contributed by atoms with Crippen LogP contribution in [0.2, 0.25) is 10.0 Å². The number of benzene rings is 1. The molecule has 0 fully saturated rings. The third kappa shape index (κ3) is 3.75. The van der Waals surface area contributed by atoms with Crippen molar-refractivity contribution in [2.45, 2.75) is 11.4 Å². The van der Waals surface area contributed by atoms with Gasteiger partial charge in [0.1, 0.15) is 0 Å². The van der Waals surface area contributed by atoms with E-state index in [1.54, 1.807) is 0 Å². The van der Waals surface area contributed by atoms with E-state index in [1.807, 2.05) is 11.4 Å². The number of sulfonamides is 1. The monoisotopic (exact) mass is 413 g/mol. The van der Waals surface area contributed by atoms with Gasteiger partial charge in [-0.1, -0.05) is 23.2 Å². The highest BCUT2D eigenvalue weighted by Crippen LogP contribution is 2.26. The van der Waals surface area contributed by atoms with Crippen LogP contribution in [-0.4, -0.2) is 19.8 Å². The Labute approximate surface area is 140 Å². The normalized spacial score (nSPS) is 12.1. The standard InChI is InChI=1S/C12H10BrCl2NO2S2/c1-16(6-8-2-12(13)19-7-8)20(17,18)11-4-9(14)3-10(15)5-11/h2-5,7H,6H2,1H3. The zero-order valence-corrected chi connectivity index (χ0v) is 15.0. The summed E-state index contributed by atoms with van der Waals surface area (Å²) in [4.78, 5) is 0.0896. The van der Waals surface area contributed by atoms with E-state index < -0.39 is 10.0 Å². The fraction of sp³-hybridized carbons (Fsp3) is 0.167. The first-order valence-corrected chi connectivity index (χ1v) is 9.31. The molecule has 0 saturated carbocycles. The second-order valence-electron chi connectivity index (χ2n) is 4.13. The summed E-state index contributed by atoms with van der Waals surface area (Å²) in [6.07, 6.45) is 0. The summed E-state index contributed by atoms with van der Waals surface area (Å²) >= 11 is 16.6. The quantitative estimate of drug-likeness (QED) is 0.730. The first kappa shape index (κ1) is 16.3. The molecule has 2 rings (SSSR count). The summed E-state index contributed by atoms with van der Waals surface area (Å²) in [7, 11) is -2.10. The van der Waals surface area contributed by atoms with Crippen molar-refractivity contribution in [3.05, 3.63) is 49.0 Å². The lowest BCUT2D eigenvalue weighted by molar-refractivity contribution is 0.467. The molecule has 0 unspecified atom stereocenters. The molecule has 0 aliphatic heterocycles. The summed E-state index contributed by atoms with van der Waals surface area (Å²) in [5.41, 5.74) is 0.918. The lowest BCUT2D eigenvalue weighted by Crippen LogP contribution is -2.26. The molecule has 1 aromatic carbocycles. The van der Waals surface area contributed by atoms with Crippen LogP contribution in [0.4, 0.5) is 0 Å². The van der Waals surface area contributed by atoms with Crippen molar-refractivity contribution < 1.29 is 8.42 Å². The lowest BCUT2D eigenvalue weighted by atomic mass is 10.3. The van der Waals surface area contributed by atoms with Gasteiger partial charge in [-0.05, 0) is 51.1 Å². The number of rotatable bonds is 4. The molecule has 1 aromatic heterocycles. The number of hydrogen-bond acceptors (Lipinski definition) is 3. The number of nitrogens with zero attached hydrogens (tertiary/aromatic N) is 1. The van der Waals surface area contributed by atoms with E-state index in [1.165, 1.54) is 40.9 Å². The van der Waals surface area contributed by atoms with Crippen LogP contribution in [0.15, 0.2) is 38.3 Å². The Kier molecular flexibility index (Phi) is 5.15. The van der Waals surface area contributed by atoms with Crippen molar-refractivity contribution in [3.63, 3.8) is 0 Å². The summed E-state index contributed by atoms with van der Waals surface area (Å²) in [5, 5.41) is 2.49. The Morgan fingerprint density at radius 3 is 2.30 bits per heavy atom. The molecule has 0 amide bonds. The first-order valence-electron chi connectivity index (χ1n) is 5.44. The minimum absolute atomic E-state index is 0.0896. The molecule has 0 aliphatic carbocycles. The molecule has 108 valence electrons. The zero-order valence-electron chi connectivity index (χ0n) is 10.3. The minimum Gasteiger partial charge on any atom is -0.207 e. The van der Waals surface area contributed by atoms with Crippen molar-refractivity contribution in [2.24, 2.45) is 0 Å². The highest BCUT2D eigenvalue weighted by molar-refractivity contribution is 9.11. The van der Waals surface area contributed by atoms with E-state index in [0.717, 1.165) is 9.35 Å². The molecule has 0 spiro atoms. The van der Waals surface area contributed by atoms with E-state index in [-0.39, 0.29) is 11.4 Å². The number of thiophene rings is 1. The van der Waals surface area contributed by atoms with Gasteiger partial charge >= 0.3 is 0 Å². The van der Waals surface area contributed by atoms with Crippen LogP contribution in [0.1, 0.15) is 5.56 Å². The molecule has 1 heterocycles.